The number of Topliss-reactive ketones (excluding diaryl/α,β-unsaturated/α-hetero) is 1. The van der Waals surface area contributed by atoms with Gasteiger partial charge in [-0.05, 0) is 30.9 Å². The minimum absolute atomic E-state index is 0.121. The van der Waals surface area contributed by atoms with Crippen molar-refractivity contribution in [1.82, 2.24) is 4.98 Å². The van der Waals surface area contributed by atoms with Crippen molar-refractivity contribution in [2.45, 2.75) is 44.4 Å². The fourth-order valence-corrected chi connectivity index (χ4v) is 3.34. The summed E-state index contributed by atoms with van der Waals surface area (Å²) in [6.07, 6.45) is 3.82. The van der Waals surface area contributed by atoms with Crippen molar-refractivity contribution in [2.75, 3.05) is 0 Å². The summed E-state index contributed by atoms with van der Waals surface area (Å²) in [4.78, 5) is 26.1. The van der Waals surface area contributed by atoms with Gasteiger partial charge in [0, 0.05) is 41.8 Å². The highest BCUT2D eigenvalue weighted by molar-refractivity contribution is 5.86. The van der Waals surface area contributed by atoms with Gasteiger partial charge in [-0.25, -0.2) is 0 Å². The number of rotatable bonds is 4. The predicted octanol–water partition coefficient (Wildman–Crippen LogP) is 3.41. The van der Waals surface area contributed by atoms with E-state index in [4.69, 9.17) is 5.11 Å². The number of aryl methyl sites for hydroxylation is 1. The number of aromatic nitrogens is 1. The molecule has 1 aliphatic rings. The maximum Gasteiger partial charge on any atom is 0.303 e. The van der Waals surface area contributed by atoms with Crippen LogP contribution in [-0.4, -0.2) is 21.8 Å². The molecule has 1 atom stereocenters. The third-order valence-corrected chi connectivity index (χ3v) is 4.33. The SMILES string of the molecule is O=C(O)CCc1c(C2CCCC(=O)C2)[nH]c2ccccc12. The number of hydrogen-bond donors (Lipinski definition) is 2. The molecule has 4 nitrogen and oxygen atoms in total. The number of fused-ring (bicyclic) bond motifs is 1. The average molecular weight is 285 g/mol. The van der Waals surface area contributed by atoms with Gasteiger partial charge >= 0.3 is 5.97 Å². The zero-order valence-electron chi connectivity index (χ0n) is 11.9. The largest absolute Gasteiger partial charge is 0.481 e. The van der Waals surface area contributed by atoms with Crippen molar-refractivity contribution in [3.63, 3.8) is 0 Å². The Morgan fingerprint density at radius 1 is 1.33 bits per heavy atom. The summed E-state index contributed by atoms with van der Waals surface area (Å²) in [6.45, 7) is 0. The van der Waals surface area contributed by atoms with Gasteiger partial charge in [0.05, 0.1) is 0 Å². The Bertz CT molecular complexity index is 686. The number of para-hydroxylation sites is 1. The molecule has 110 valence electrons. The molecule has 0 spiro atoms. The summed E-state index contributed by atoms with van der Waals surface area (Å²) >= 11 is 0. The lowest BCUT2D eigenvalue weighted by Crippen LogP contribution is -2.15. The highest BCUT2D eigenvalue weighted by Crippen LogP contribution is 2.36. The molecule has 1 aromatic heterocycles. The third kappa shape index (κ3) is 2.84. The molecule has 3 rings (SSSR count). The number of hydrogen-bond acceptors (Lipinski definition) is 2. The quantitative estimate of drug-likeness (QED) is 0.904. The molecule has 1 fully saturated rings. The summed E-state index contributed by atoms with van der Waals surface area (Å²) in [5.74, 6) is -0.262. The van der Waals surface area contributed by atoms with Crippen LogP contribution < -0.4 is 0 Å². The molecule has 1 heterocycles. The van der Waals surface area contributed by atoms with Crippen LogP contribution in [0.2, 0.25) is 0 Å². The maximum atomic E-state index is 11.7. The molecule has 21 heavy (non-hydrogen) atoms. The Balaban J connectivity index is 2.01. The van der Waals surface area contributed by atoms with Crippen LogP contribution in [0.25, 0.3) is 10.9 Å². The first-order valence-corrected chi connectivity index (χ1v) is 7.48. The van der Waals surface area contributed by atoms with Gasteiger partial charge in [-0.2, -0.15) is 0 Å². The summed E-state index contributed by atoms with van der Waals surface area (Å²) < 4.78 is 0. The second-order valence-electron chi connectivity index (χ2n) is 5.79. The van der Waals surface area contributed by atoms with Crippen molar-refractivity contribution in [2.24, 2.45) is 0 Å². The zero-order valence-corrected chi connectivity index (χ0v) is 11.9. The first-order valence-electron chi connectivity index (χ1n) is 7.48. The van der Waals surface area contributed by atoms with E-state index in [2.05, 4.69) is 4.98 Å². The molecule has 0 bridgehead atoms. The van der Waals surface area contributed by atoms with Crippen molar-refractivity contribution < 1.29 is 14.7 Å². The van der Waals surface area contributed by atoms with Crippen LogP contribution in [0, 0.1) is 0 Å². The minimum Gasteiger partial charge on any atom is -0.481 e. The Hall–Kier alpha value is -2.10. The van der Waals surface area contributed by atoms with Crippen LogP contribution in [0.5, 0.6) is 0 Å². The first-order chi connectivity index (χ1) is 10.1. The van der Waals surface area contributed by atoms with Crippen molar-refractivity contribution in [3.05, 3.63) is 35.5 Å². The number of ketones is 1. The van der Waals surface area contributed by atoms with Gasteiger partial charge in [0.1, 0.15) is 5.78 Å². The van der Waals surface area contributed by atoms with Crippen molar-refractivity contribution in [3.8, 4) is 0 Å². The second-order valence-corrected chi connectivity index (χ2v) is 5.79. The third-order valence-electron chi connectivity index (χ3n) is 4.33. The van der Waals surface area contributed by atoms with E-state index in [-0.39, 0.29) is 12.3 Å². The van der Waals surface area contributed by atoms with Crippen LogP contribution in [0.15, 0.2) is 24.3 Å². The number of benzene rings is 1. The van der Waals surface area contributed by atoms with Crippen LogP contribution >= 0.6 is 0 Å². The van der Waals surface area contributed by atoms with Crippen LogP contribution in [0.1, 0.15) is 49.3 Å². The van der Waals surface area contributed by atoms with Crippen LogP contribution in [-0.2, 0) is 16.0 Å². The monoisotopic (exact) mass is 285 g/mol. The molecule has 1 unspecified atom stereocenters. The molecule has 1 aliphatic carbocycles. The number of carboxylic acids is 1. The molecule has 0 radical (unpaired) electrons. The molecule has 0 amide bonds. The van der Waals surface area contributed by atoms with E-state index in [1.807, 2.05) is 24.3 Å². The van der Waals surface area contributed by atoms with E-state index < -0.39 is 5.97 Å². The Morgan fingerprint density at radius 2 is 2.14 bits per heavy atom. The van der Waals surface area contributed by atoms with E-state index in [1.165, 1.54) is 0 Å². The van der Waals surface area contributed by atoms with Crippen LogP contribution in [0.4, 0.5) is 0 Å². The second kappa shape index (κ2) is 5.72. The molecule has 2 aromatic rings. The van der Waals surface area contributed by atoms with Gasteiger partial charge < -0.3 is 10.1 Å². The smallest absolute Gasteiger partial charge is 0.303 e. The number of nitrogens with one attached hydrogen (secondary N) is 1. The molecule has 1 aromatic carbocycles. The lowest BCUT2D eigenvalue weighted by molar-refractivity contribution is -0.137. The number of aromatic amines is 1. The number of carboxylic acid groups (broad SMARTS) is 1. The normalized spacial score (nSPS) is 19.0. The highest BCUT2D eigenvalue weighted by Gasteiger charge is 2.25. The Labute approximate surface area is 123 Å². The molecule has 2 N–H and O–H groups in total. The van der Waals surface area contributed by atoms with Gasteiger partial charge in [-0.1, -0.05) is 18.2 Å². The van der Waals surface area contributed by atoms with Gasteiger partial charge in [-0.15, -0.1) is 0 Å². The molecule has 4 heteroatoms. The standard InChI is InChI=1S/C17H19NO3/c19-12-5-3-4-11(10-12)17-14(8-9-16(20)21)13-6-1-2-7-15(13)18-17/h1-2,6-7,11,18H,3-5,8-10H2,(H,20,21). The van der Waals surface area contributed by atoms with Gasteiger partial charge in [0.15, 0.2) is 0 Å². The molecule has 0 aliphatic heterocycles. The van der Waals surface area contributed by atoms with E-state index >= 15 is 0 Å². The summed E-state index contributed by atoms with van der Waals surface area (Å²) in [7, 11) is 0. The van der Waals surface area contributed by atoms with Gasteiger partial charge in [0.2, 0.25) is 0 Å². The van der Waals surface area contributed by atoms with E-state index in [0.29, 0.717) is 25.0 Å². The number of H-pyrrole nitrogens is 1. The first kappa shape index (κ1) is 13.9. The van der Waals surface area contributed by atoms with Crippen molar-refractivity contribution >= 4 is 22.7 Å². The number of carbonyl (C=O) groups excluding carboxylic acids is 1. The topological polar surface area (TPSA) is 70.2 Å². The Morgan fingerprint density at radius 3 is 2.90 bits per heavy atom. The molecule has 1 saturated carbocycles. The number of carbonyl (C=O) groups is 2. The summed E-state index contributed by atoms with van der Waals surface area (Å²) in [5.41, 5.74) is 3.18. The Kier molecular flexibility index (Phi) is 3.78. The van der Waals surface area contributed by atoms with E-state index in [9.17, 15) is 9.59 Å². The molecular weight excluding hydrogens is 266 g/mol. The lowest BCUT2D eigenvalue weighted by atomic mass is 9.84. The summed E-state index contributed by atoms with van der Waals surface area (Å²) in [5, 5.41) is 10.1. The predicted molar refractivity (Wildman–Crippen MR) is 80.5 cm³/mol. The van der Waals surface area contributed by atoms with E-state index in [1.54, 1.807) is 0 Å². The zero-order chi connectivity index (χ0) is 14.8. The van der Waals surface area contributed by atoms with Crippen LogP contribution in [0.3, 0.4) is 0 Å². The summed E-state index contributed by atoms with van der Waals surface area (Å²) in [6, 6.07) is 7.97. The van der Waals surface area contributed by atoms with Crippen molar-refractivity contribution in [1.29, 1.82) is 0 Å². The average Bonchev–Trinajstić information content (AvgIpc) is 2.84. The number of aliphatic carboxylic acids is 1. The molecular formula is C17H19NO3. The minimum atomic E-state index is -0.786. The maximum absolute atomic E-state index is 11.7. The fraction of sp³-hybridized carbons (Fsp3) is 0.412. The highest BCUT2D eigenvalue weighted by atomic mass is 16.4. The van der Waals surface area contributed by atoms with Gasteiger partial charge in [0.25, 0.3) is 0 Å². The van der Waals surface area contributed by atoms with Gasteiger partial charge in [-0.3, -0.25) is 9.59 Å². The fourth-order valence-electron chi connectivity index (χ4n) is 3.34. The molecule has 0 saturated heterocycles. The van der Waals surface area contributed by atoms with E-state index in [0.717, 1.165) is 35.0 Å². The lowest BCUT2D eigenvalue weighted by Gasteiger charge is -2.21.